The molecule has 2 rings (SSSR count). The zero-order valence-corrected chi connectivity index (χ0v) is 11.8. The minimum atomic E-state index is 0.276. The molecular weight excluding hydrogens is 206 g/mol. The van der Waals surface area contributed by atoms with E-state index in [1.807, 2.05) is 0 Å². The summed E-state index contributed by atoms with van der Waals surface area (Å²) in [6.45, 7) is 13.7. The van der Waals surface area contributed by atoms with E-state index in [0.717, 1.165) is 13.1 Å². The van der Waals surface area contributed by atoms with Gasteiger partial charge >= 0.3 is 0 Å². The maximum atomic E-state index is 3.56. The molecule has 1 heteroatoms. The van der Waals surface area contributed by atoms with Crippen molar-refractivity contribution in [2.45, 2.75) is 52.5 Å². The molecule has 0 saturated heterocycles. The summed E-state index contributed by atoms with van der Waals surface area (Å²) < 4.78 is 0. The number of hydrogen-bond donors (Lipinski definition) is 1. The second kappa shape index (κ2) is 4.45. The summed E-state index contributed by atoms with van der Waals surface area (Å²) in [5.41, 5.74) is 4.80. The summed E-state index contributed by atoms with van der Waals surface area (Å²) >= 11 is 0. The smallest absolute Gasteiger partial charge is 0.0208 e. The van der Waals surface area contributed by atoms with Crippen LogP contribution in [0.5, 0.6) is 0 Å². The van der Waals surface area contributed by atoms with Crippen LogP contribution in [0.15, 0.2) is 18.2 Å². The van der Waals surface area contributed by atoms with Crippen molar-refractivity contribution in [3.8, 4) is 0 Å². The Kier molecular flexibility index (Phi) is 3.31. The van der Waals surface area contributed by atoms with Gasteiger partial charge in [0.25, 0.3) is 0 Å². The van der Waals surface area contributed by atoms with Crippen LogP contribution >= 0.6 is 0 Å². The van der Waals surface area contributed by atoms with Crippen molar-refractivity contribution in [2.75, 3.05) is 6.54 Å². The van der Waals surface area contributed by atoms with E-state index in [0.29, 0.717) is 11.8 Å². The molecule has 17 heavy (non-hydrogen) atoms. The van der Waals surface area contributed by atoms with Crippen molar-refractivity contribution in [1.29, 1.82) is 0 Å². The van der Waals surface area contributed by atoms with Crippen molar-refractivity contribution < 1.29 is 0 Å². The predicted molar refractivity (Wildman–Crippen MR) is 74.4 cm³/mol. The summed E-state index contributed by atoms with van der Waals surface area (Å²) in [5, 5.41) is 3.56. The number of nitrogens with one attached hydrogen (secondary N) is 1. The van der Waals surface area contributed by atoms with Crippen LogP contribution in [-0.4, -0.2) is 6.54 Å². The van der Waals surface area contributed by atoms with Crippen molar-refractivity contribution in [1.82, 2.24) is 5.32 Å². The molecule has 0 bridgehead atoms. The molecule has 1 unspecified atom stereocenters. The second-order valence-corrected chi connectivity index (χ2v) is 6.25. The number of rotatable bonds is 2. The van der Waals surface area contributed by atoms with Gasteiger partial charge in [0.05, 0.1) is 0 Å². The maximum Gasteiger partial charge on any atom is 0.0208 e. The Bertz CT molecular complexity index is 406. The fourth-order valence-corrected chi connectivity index (χ4v) is 2.71. The normalized spacial score (nSPS) is 24.2. The lowest BCUT2D eigenvalue weighted by molar-refractivity contribution is 0.299. The van der Waals surface area contributed by atoms with Gasteiger partial charge in [0.15, 0.2) is 0 Å². The molecule has 94 valence electrons. The van der Waals surface area contributed by atoms with Crippen LogP contribution in [0.1, 0.15) is 57.2 Å². The Morgan fingerprint density at radius 3 is 2.47 bits per heavy atom. The van der Waals surface area contributed by atoms with Crippen LogP contribution in [0.25, 0.3) is 0 Å². The van der Waals surface area contributed by atoms with Gasteiger partial charge in [-0.05, 0) is 28.5 Å². The Balaban J connectivity index is 2.52. The van der Waals surface area contributed by atoms with Crippen LogP contribution in [0.3, 0.4) is 0 Å². The third-order valence-corrected chi connectivity index (χ3v) is 4.50. The Hall–Kier alpha value is -0.820. The van der Waals surface area contributed by atoms with Crippen LogP contribution in [0, 0.1) is 5.92 Å². The highest BCUT2D eigenvalue weighted by Gasteiger charge is 2.34. The molecule has 1 atom stereocenters. The van der Waals surface area contributed by atoms with Crippen LogP contribution in [0.2, 0.25) is 0 Å². The van der Waals surface area contributed by atoms with Gasteiger partial charge in [-0.25, -0.2) is 0 Å². The molecule has 1 nitrogen and oxygen atoms in total. The lowest BCUT2D eigenvalue weighted by Gasteiger charge is -2.40. The van der Waals surface area contributed by atoms with Crippen molar-refractivity contribution in [3.05, 3.63) is 34.9 Å². The standard InChI is InChI=1S/C16H25N/c1-11(2)13-6-7-14-9-17-10-16(5,12(3)4)15(14)8-13/h6-8,11-12,17H,9-10H2,1-5H3. The van der Waals surface area contributed by atoms with Gasteiger partial charge in [-0.2, -0.15) is 0 Å². The number of fused-ring (bicyclic) bond motifs is 1. The molecule has 1 N–H and O–H groups in total. The fraction of sp³-hybridized carbons (Fsp3) is 0.625. The van der Waals surface area contributed by atoms with E-state index in [2.05, 4.69) is 58.1 Å². The van der Waals surface area contributed by atoms with Gasteiger partial charge in [-0.15, -0.1) is 0 Å². The molecule has 0 aliphatic carbocycles. The average molecular weight is 231 g/mol. The van der Waals surface area contributed by atoms with Gasteiger partial charge in [-0.1, -0.05) is 52.8 Å². The molecule has 0 amide bonds. The van der Waals surface area contributed by atoms with E-state index in [4.69, 9.17) is 0 Å². The highest BCUT2D eigenvalue weighted by molar-refractivity contribution is 5.41. The second-order valence-electron chi connectivity index (χ2n) is 6.25. The van der Waals surface area contributed by atoms with Crippen LogP contribution in [0.4, 0.5) is 0 Å². The molecular formula is C16H25N. The molecule has 1 aromatic rings. The van der Waals surface area contributed by atoms with Gasteiger partial charge in [0, 0.05) is 18.5 Å². The average Bonchev–Trinajstić information content (AvgIpc) is 2.28. The monoisotopic (exact) mass is 231 g/mol. The first-order chi connectivity index (χ1) is 7.95. The van der Waals surface area contributed by atoms with E-state index in [1.54, 1.807) is 5.56 Å². The fourth-order valence-electron chi connectivity index (χ4n) is 2.71. The van der Waals surface area contributed by atoms with Gasteiger partial charge < -0.3 is 5.32 Å². The topological polar surface area (TPSA) is 12.0 Å². The number of benzene rings is 1. The molecule has 1 aliphatic heterocycles. The summed E-state index contributed by atoms with van der Waals surface area (Å²) in [7, 11) is 0. The lowest BCUT2D eigenvalue weighted by Crippen LogP contribution is -2.44. The molecule has 1 aliphatic rings. The van der Waals surface area contributed by atoms with Crippen LogP contribution < -0.4 is 5.32 Å². The third kappa shape index (κ3) is 2.13. The first-order valence-electron chi connectivity index (χ1n) is 6.79. The Labute approximate surface area is 106 Å². The van der Waals surface area contributed by atoms with E-state index in [-0.39, 0.29) is 5.41 Å². The summed E-state index contributed by atoms with van der Waals surface area (Å²) in [6.07, 6.45) is 0. The zero-order chi connectivity index (χ0) is 12.6. The summed E-state index contributed by atoms with van der Waals surface area (Å²) in [6, 6.07) is 7.05. The summed E-state index contributed by atoms with van der Waals surface area (Å²) in [4.78, 5) is 0. The Morgan fingerprint density at radius 1 is 1.18 bits per heavy atom. The molecule has 0 saturated carbocycles. The highest BCUT2D eigenvalue weighted by atomic mass is 14.9. The van der Waals surface area contributed by atoms with Gasteiger partial charge in [0.1, 0.15) is 0 Å². The first kappa shape index (κ1) is 12.6. The molecule has 1 aromatic carbocycles. The highest BCUT2D eigenvalue weighted by Crippen LogP contribution is 2.37. The van der Waals surface area contributed by atoms with Crippen molar-refractivity contribution >= 4 is 0 Å². The minimum absolute atomic E-state index is 0.276. The quantitative estimate of drug-likeness (QED) is 0.815. The third-order valence-electron chi connectivity index (χ3n) is 4.50. The van der Waals surface area contributed by atoms with Crippen molar-refractivity contribution in [2.24, 2.45) is 5.92 Å². The predicted octanol–water partition coefficient (Wildman–Crippen LogP) is 3.83. The van der Waals surface area contributed by atoms with E-state index in [9.17, 15) is 0 Å². The molecule has 0 spiro atoms. The molecule has 0 aromatic heterocycles. The number of hydrogen-bond acceptors (Lipinski definition) is 1. The van der Waals surface area contributed by atoms with Crippen molar-refractivity contribution in [3.63, 3.8) is 0 Å². The van der Waals surface area contributed by atoms with Crippen LogP contribution in [-0.2, 0) is 12.0 Å². The van der Waals surface area contributed by atoms with E-state index >= 15 is 0 Å². The van der Waals surface area contributed by atoms with Gasteiger partial charge in [0.2, 0.25) is 0 Å². The minimum Gasteiger partial charge on any atom is -0.312 e. The Morgan fingerprint density at radius 2 is 1.88 bits per heavy atom. The van der Waals surface area contributed by atoms with E-state index < -0.39 is 0 Å². The van der Waals surface area contributed by atoms with Gasteiger partial charge in [-0.3, -0.25) is 0 Å². The maximum absolute atomic E-state index is 3.56. The zero-order valence-electron chi connectivity index (χ0n) is 11.8. The first-order valence-corrected chi connectivity index (χ1v) is 6.79. The SMILES string of the molecule is CC(C)c1ccc2c(c1)C(C)(C(C)C)CNC2. The largest absolute Gasteiger partial charge is 0.312 e. The molecule has 0 radical (unpaired) electrons. The lowest BCUT2D eigenvalue weighted by atomic mass is 9.69. The molecule has 0 fully saturated rings. The molecule has 1 heterocycles. The summed E-state index contributed by atoms with van der Waals surface area (Å²) in [5.74, 6) is 1.28. The van der Waals surface area contributed by atoms with E-state index in [1.165, 1.54) is 11.1 Å².